The van der Waals surface area contributed by atoms with Crippen molar-refractivity contribution in [2.24, 2.45) is 0 Å². The number of amides is 1. The summed E-state index contributed by atoms with van der Waals surface area (Å²) in [6.45, 7) is 3.58. The molecule has 5 heteroatoms. The van der Waals surface area contributed by atoms with Gasteiger partial charge in [0.1, 0.15) is 11.5 Å². The number of carbonyl (C=O) groups is 3. The Kier molecular flexibility index (Phi) is 4.17. The van der Waals surface area contributed by atoms with Gasteiger partial charge < -0.3 is 10.1 Å². The predicted molar refractivity (Wildman–Crippen MR) is 72.9 cm³/mol. The number of hydrogen-bond acceptors (Lipinski definition) is 4. The van der Waals surface area contributed by atoms with Crippen LogP contribution in [0.5, 0.6) is 5.75 Å². The fourth-order valence-electron chi connectivity index (χ4n) is 2.24. The SMILES string of the molecule is CC(=O)CC(=O)NC1CCOc2c(C)cccc2C1=O. The molecule has 1 aliphatic heterocycles. The summed E-state index contributed by atoms with van der Waals surface area (Å²) in [5.41, 5.74) is 1.38. The molecule has 1 N–H and O–H groups in total. The number of aryl methyl sites for hydroxylation is 1. The molecule has 2 rings (SSSR count). The van der Waals surface area contributed by atoms with E-state index in [2.05, 4.69) is 5.32 Å². The smallest absolute Gasteiger partial charge is 0.228 e. The average Bonchev–Trinajstić information content (AvgIpc) is 2.51. The highest BCUT2D eigenvalue weighted by atomic mass is 16.5. The lowest BCUT2D eigenvalue weighted by Crippen LogP contribution is -2.41. The van der Waals surface area contributed by atoms with Gasteiger partial charge in [-0.25, -0.2) is 0 Å². The largest absolute Gasteiger partial charge is 0.492 e. The monoisotopic (exact) mass is 275 g/mol. The fraction of sp³-hybridized carbons (Fsp3) is 0.400. The third kappa shape index (κ3) is 3.04. The summed E-state index contributed by atoms with van der Waals surface area (Å²) in [6.07, 6.45) is 0.196. The van der Waals surface area contributed by atoms with Crippen LogP contribution in [0.3, 0.4) is 0 Å². The molecule has 0 bridgehead atoms. The summed E-state index contributed by atoms with van der Waals surface area (Å²) in [6, 6.07) is 4.72. The van der Waals surface area contributed by atoms with Crippen molar-refractivity contribution in [1.29, 1.82) is 0 Å². The van der Waals surface area contributed by atoms with Gasteiger partial charge in [0.15, 0.2) is 5.78 Å². The molecule has 106 valence electrons. The molecule has 0 fully saturated rings. The van der Waals surface area contributed by atoms with Crippen molar-refractivity contribution in [2.45, 2.75) is 32.7 Å². The second kappa shape index (κ2) is 5.86. The van der Waals surface area contributed by atoms with Gasteiger partial charge in [-0.05, 0) is 25.5 Å². The zero-order chi connectivity index (χ0) is 14.7. The van der Waals surface area contributed by atoms with Gasteiger partial charge in [-0.2, -0.15) is 0 Å². The molecule has 0 saturated heterocycles. The number of ether oxygens (including phenoxy) is 1. The number of para-hydroxylation sites is 1. The summed E-state index contributed by atoms with van der Waals surface area (Å²) in [5, 5.41) is 2.61. The van der Waals surface area contributed by atoms with Crippen molar-refractivity contribution in [3.05, 3.63) is 29.3 Å². The van der Waals surface area contributed by atoms with Crippen LogP contribution < -0.4 is 10.1 Å². The highest BCUT2D eigenvalue weighted by Crippen LogP contribution is 2.27. The van der Waals surface area contributed by atoms with E-state index < -0.39 is 11.9 Å². The zero-order valence-corrected chi connectivity index (χ0v) is 11.6. The lowest BCUT2D eigenvalue weighted by molar-refractivity contribution is -0.127. The molecule has 20 heavy (non-hydrogen) atoms. The van der Waals surface area contributed by atoms with E-state index in [9.17, 15) is 14.4 Å². The van der Waals surface area contributed by atoms with Gasteiger partial charge in [0, 0.05) is 6.42 Å². The lowest BCUT2D eigenvalue weighted by atomic mass is 10.00. The van der Waals surface area contributed by atoms with E-state index in [0.717, 1.165) is 5.56 Å². The number of carbonyl (C=O) groups excluding carboxylic acids is 3. The number of Topliss-reactive ketones (excluding diaryl/α,β-unsaturated/α-hetero) is 2. The van der Waals surface area contributed by atoms with Gasteiger partial charge in [-0.1, -0.05) is 12.1 Å². The topological polar surface area (TPSA) is 72.5 Å². The maximum absolute atomic E-state index is 12.4. The number of benzene rings is 1. The van der Waals surface area contributed by atoms with Crippen molar-refractivity contribution in [1.82, 2.24) is 5.32 Å². The summed E-state index contributed by atoms with van der Waals surface area (Å²) >= 11 is 0. The molecule has 0 aromatic heterocycles. The Labute approximate surface area is 117 Å². The van der Waals surface area contributed by atoms with E-state index in [1.54, 1.807) is 12.1 Å². The van der Waals surface area contributed by atoms with Crippen LogP contribution in [-0.2, 0) is 9.59 Å². The average molecular weight is 275 g/mol. The van der Waals surface area contributed by atoms with Crippen LogP contribution in [0.25, 0.3) is 0 Å². The van der Waals surface area contributed by atoms with Gasteiger partial charge in [0.2, 0.25) is 5.91 Å². The summed E-state index contributed by atoms with van der Waals surface area (Å²) in [7, 11) is 0. The molecular weight excluding hydrogens is 258 g/mol. The fourth-order valence-corrected chi connectivity index (χ4v) is 2.24. The second-order valence-corrected chi connectivity index (χ2v) is 4.95. The van der Waals surface area contributed by atoms with Crippen LogP contribution in [0, 0.1) is 6.92 Å². The van der Waals surface area contributed by atoms with Crippen molar-refractivity contribution in [3.63, 3.8) is 0 Å². The lowest BCUT2D eigenvalue weighted by Gasteiger charge is -2.14. The van der Waals surface area contributed by atoms with Gasteiger partial charge in [-0.3, -0.25) is 14.4 Å². The van der Waals surface area contributed by atoms with Crippen molar-refractivity contribution < 1.29 is 19.1 Å². The Morgan fingerprint density at radius 2 is 2.15 bits per heavy atom. The quantitative estimate of drug-likeness (QED) is 0.847. The third-order valence-corrected chi connectivity index (χ3v) is 3.19. The Bertz CT molecular complexity index is 565. The van der Waals surface area contributed by atoms with E-state index in [4.69, 9.17) is 4.74 Å². The first-order valence-corrected chi connectivity index (χ1v) is 6.54. The number of hydrogen-bond donors (Lipinski definition) is 1. The Morgan fingerprint density at radius 1 is 1.40 bits per heavy atom. The minimum atomic E-state index is -0.634. The third-order valence-electron chi connectivity index (χ3n) is 3.19. The van der Waals surface area contributed by atoms with Gasteiger partial charge in [0.05, 0.1) is 24.6 Å². The predicted octanol–water partition coefficient (Wildman–Crippen LogP) is 1.42. The van der Waals surface area contributed by atoms with Crippen LogP contribution in [0.15, 0.2) is 18.2 Å². The van der Waals surface area contributed by atoms with Gasteiger partial charge in [0.25, 0.3) is 0 Å². The van der Waals surface area contributed by atoms with Crippen LogP contribution >= 0.6 is 0 Å². The summed E-state index contributed by atoms with van der Waals surface area (Å²) in [4.78, 5) is 35.0. The normalized spacial score (nSPS) is 17.7. The van der Waals surface area contributed by atoms with E-state index in [1.807, 2.05) is 13.0 Å². The molecule has 1 aromatic rings. The Morgan fingerprint density at radius 3 is 2.85 bits per heavy atom. The molecule has 1 amide bonds. The van der Waals surface area contributed by atoms with Crippen LogP contribution in [-0.4, -0.2) is 30.1 Å². The maximum atomic E-state index is 12.4. The number of fused-ring (bicyclic) bond motifs is 1. The van der Waals surface area contributed by atoms with E-state index in [-0.39, 0.29) is 18.0 Å². The molecule has 1 aromatic carbocycles. The molecule has 0 radical (unpaired) electrons. The minimum Gasteiger partial charge on any atom is -0.492 e. The zero-order valence-electron chi connectivity index (χ0n) is 11.6. The standard InChI is InChI=1S/C15H17NO4/c1-9-4-3-5-11-14(19)12(6-7-20-15(9)11)16-13(18)8-10(2)17/h3-5,12H,6-8H2,1-2H3,(H,16,18). The van der Waals surface area contributed by atoms with E-state index in [1.165, 1.54) is 6.92 Å². The molecule has 1 heterocycles. The summed E-state index contributed by atoms with van der Waals surface area (Å²) < 4.78 is 5.60. The van der Waals surface area contributed by atoms with E-state index >= 15 is 0 Å². The maximum Gasteiger partial charge on any atom is 0.228 e. The highest BCUT2D eigenvalue weighted by Gasteiger charge is 2.28. The van der Waals surface area contributed by atoms with Crippen molar-refractivity contribution in [2.75, 3.05) is 6.61 Å². The molecule has 0 saturated carbocycles. The summed E-state index contributed by atoms with van der Waals surface area (Å²) in [5.74, 6) is -0.234. The molecule has 1 aliphatic rings. The second-order valence-electron chi connectivity index (χ2n) is 4.95. The molecule has 1 atom stereocenters. The van der Waals surface area contributed by atoms with Crippen LogP contribution in [0.1, 0.15) is 35.7 Å². The number of rotatable bonds is 3. The van der Waals surface area contributed by atoms with Crippen molar-refractivity contribution in [3.8, 4) is 5.75 Å². The molecule has 0 aliphatic carbocycles. The molecule has 5 nitrogen and oxygen atoms in total. The van der Waals surface area contributed by atoms with Crippen molar-refractivity contribution >= 4 is 17.5 Å². The first-order valence-electron chi connectivity index (χ1n) is 6.54. The van der Waals surface area contributed by atoms with Gasteiger partial charge >= 0.3 is 0 Å². The number of ketones is 2. The molecule has 1 unspecified atom stereocenters. The Balaban J connectivity index is 2.19. The van der Waals surface area contributed by atoms with E-state index in [0.29, 0.717) is 24.3 Å². The van der Waals surface area contributed by atoms with Crippen LogP contribution in [0.4, 0.5) is 0 Å². The molecule has 0 spiro atoms. The highest BCUT2D eigenvalue weighted by molar-refractivity contribution is 6.06. The molecular formula is C15H17NO4. The van der Waals surface area contributed by atoms with Crippen LogP contribution in [0.2, 0.25) is 0 Å². The first-order chi connectivity index (χ1) is 9.49. The first kappa shape index (κ1) is 14.2. The Hall–Kier alpha value is -2.17. The minimum absolute atomic E-state index is 0.168. The number of nitrogens with one attached hydrogen (secondary N) is 1. The van der Waals surface area contributed by atoms with Gasteiger partial charge in [-0.15, -0.1) is 0 Å².